The van der Waals surface area contributed by atoms with Gasteiger partial charge in [-0.2, -0.15) is 0 Å². The van der Waals surface area contributed by atoms with Crippen LogP contribution in [0.5, 0.6) is 0 Å². The Kier molecular flexibility index (Phi) is 8.97. The Morgan fingerprint density at radius 3 is 2.30 bits per heavy atom. The lowest BCUT2D eigenvalue weighted by Crippen LogP contribution is -2.47. The van der Waals surface area contributed by atoms with Crippen molar-refractivity contribution in [2.24, 2.45) is 11.8 Å². The molecule has 1 aromatic rings. The Morgan fingerprint density at radius 1 is 1.03 bits per heavy atom. The van der Waals surface area contributed by atoms with Crippen LogP contribution in [0.3, 0.4) is 0 Å². The summed E-state index contributed by atoms with van der Waals surface area (Å²) in [4.78, 5) is 18.1. The monoisotopic (exact) mass is 454 g/mol. The van der Waals surface area contributed by atoms with Gasteiger partial charge in [0.2, 0.25) is 0 Å². The molecule has 2 fully saturated rings. The van der Waals surface area contributed by atoms with Gasteiger partial charge in [-0.15, -0.1) is 0 Å². The molecule has 1 saturated carbocycles. The fourth-order valence-corrected chi connectivity index (χ4v) is 5.08. The highest BCUT2D eigenvalue weighted by Gasteiger charge is 2.24. The third-order valence-corrected chi connectivity index (χ3v) is 7.51. The van der Waals surface area contributed by atoms with E-state index in [1.54, 1.807) is 19.0 Å². The summed E-state index contributed by atoms with van der Waals surface area (Å²) in [5.41, 5.74) is 1.06. The first kappa shape index (κ1) is 23.5. The van der Waals surface area contributed by atoms with E-state index in [1.807, 2.05) is 12.1 Å². The van der Waals surface area contributed by atoms with Gasteiger partial charge in [0.25, 0.3) is 0 Å². The molecule has 1 aliphatic carbocycles. The number of hydrogen-bond donors (Lipinski definition) is 1. The molecule has 0 atom stereocenters. The summed E-state index contributed by atoms with van der Waals surface area (Å²) in [6.07, 6.45) is 7.71. The Hall–Kier alpha value is -1.17. The van der Waals surface area contributed by atoms with Gasteiger partial charge in [-0.3, -0.25) is 4.90 Å². The quantitative estimate of drug-likeness (QED) is 0.631. The van der Waals surface area contributed by atoms with E-state index in [9.17, 15) is 4.79 Å². The zero-order valence-corrected chi connectivity index (χ0v) is 19.9. The second-order valence-electron chi connectivity index (χ2n) is 8.99. The van der Waals surface area contributed by atoms with Gasteiger partial charge in [0, 0.05) is 46.8 Å². The van der Waals surface area contributed by atoms with Crippen LogP contribution in [0.15, 0.2) is 18.2 Å². The molecule has 30 heavy (non-hydrogen) atoms. The first-order valence-electron chi connectivity index (χ1n) is 11.3. The van der Waals surface area contributed by atoms with Crippen molar-refractivity contribution in [3.8, 4) is 0 Å². The molecule has 168 valence electrons. The van der Waals surface area contributed by atoms with Crippen molar-refractivity contribution in [1.29, 1.82) is 0 Å². The van der Waals surface area contributed by atoms with Crippen LogP contribution in [-0.4, -0.2) is 69.2 Å². The van der Waals surface area contributed by atoms with E-state index in [-0.39, 0.29) is 6.03 Å². The average molecular weight is 455 g/mol. The minimum Gasteiger partial charge on any atom is -0.368 e. The summed E-state index contributed by atoms with van der Waals surface area (Å²) < 4.78 is 0. The average Bonchev–Trinajstić information content (AvgIpc) is 2.75. The van der Waals surface area contributed by atoms with Crippen molar-refractivity contribution in [3.63, 3.8) is 0 Å². The van der Waals surface area contributed by atoms with Gasteiger partial charge < -0.3 is 15.1 Å². The van der Waals surface area contributed by atoms with Gasteiger partial charge >= 0.3 is 6.03 Å². The van der Waals surface area contributed by atoms with Crippen molar-refractivity contribution in [2.45, 2.75) is 38.5 Å². The van der Waals surface area contributed by atoms with Crippen LogP contribution in [0.25, 0.3) is 0 Å². The number of halogens is 2. The van der Waals surface area contributed by atoms with Crippen LogP contribution in [-0.2, 0) is 0 Å². The van der Waals surface area contributed by atoms with E-state index in [1.165, 1.54) is 38.6 Å². The fraction of sp³-hybridized carbons (Fsp3) is 0.696. The number of anilines is 1. The molecule has 0 aromatic heterocycles. The van der Waals surface area contributed by atoms with Gasteiger partial charge in [-0.05, 0) is 43.4 Å². The number of urea groups is 1. The van der Waals surface area contributed by atoms with Crippen LogP contribution in [0.1, 0.15) is 38.5 Å². The topological polar surface area (TPSA) is 38.8 Å². The van der Waals surface area contributed by atoms with Gasteiger partial charge in [0.05, 0.1) is 15.7 Å². The zero-order valence-electron chi connectivity index (χ0n) is 18.4. The van der Waals surface area contributed by atoms with E-state index in [2.05, 4.69) is 21.2 Å². The normalized spacial score (nSPS) is 22.7. The lowest BCUT2D eigenvalue weighted by molar-refractivity contribution is 0.198. The maximum absolute atomic E-state index is 11.6. The van der Waals surface area contributed by atoms with Crippen LogP contribution in [0, 0.1) is 11.8 Å². The van der Waals surface area contributed by atoms with Crippen molar-refractivity contribution in [1.82, 2.24) is 15.1 Å². The maximum atomic E-state index is 11.6. The van der Waals surface area contributed by atoms with Crippen molar-refractivity contribution in [3.05, 3.63) is 28.2 Å². The van der Waals surface area contributed by atoms with Crippen LogP contribution >= 0.6 is 23.2 Å². The Morgan fingerprint density at radius 2 is 1.67 bits per heavy atom. The van der Waals surface area contributed by atoms with Gasteiger partial charge in [0.15, 0.2) is 0 Å². The zero-order chi connectivity index (χ0) is 21.5. The third-order valence-electron chi connectivity index (χ3n) is 6.70. The molecule has 0 unspecified atom stereocenters. The fourth-order valence-electron chi connectivity index (χ4n) is 4.66. The van der Waals surface area contributed by atoms with Gasteiger partial charge in [-0.1, -0.05) is 55.0 Å². The molecular weight excluding hydrogens is 419 g/mol. The predicted octanol–water partition coefficient (Wildman–Crippen LogP) is 4.97. The van der Waals surface area contributed by atoms with E-state index >= 15 is 0 Å². The number of nitrogens with zero attached hydrogens (tertiary/aromatic N) is 3. The summed E-state index contributed by atoms with van der Waals surface area (Å²) >= 11 is 12.6. The molecular formula is C23H36Cl2N4O. The highest BCUT2D eigenvalue weighted by Crippen LogP contribution is 2.34. The highest BCUT2D eigenvalue weighted by molar-refractivity contribution is 6.43. The van der Waals surface area contributed by atoms with Crippen molar-refractivity contribution in [2.75, 3.05) is 58.3 Å². The summed E-state index contributed by atoms with van der Waals surface area (Å²) in [6.45, 7) is 6.18. The van der Waals surface area contributed by atoms with E-state index in [0.717, 1.165) is 56.7 Å². The molecule has 1 N–H and O–H groups in total. The van der Waals surface area contributed by atoms with Crippen molar-refractivity contribution < 1.29 is 4.79 Å². The lowest BCUT2D eigenvalue weighted by Gasteiger charge is -2.37. The molecule has 0 bridgehead atoms. The molecule has 0 spiro atoms. The second-order valence-corrected chi connectivity index (χ2v) is 9.78. The predicted molar refractivity (Wildman–Crippen MR) is 127 cm³/mol. The summed E-state index contributed by atoms with van der Waals surface area (Å²) in [6, 6.07) is 5.90. The Bertz CT molecular complexity index is 684. The molecule has 2 aliphatic rings. The minimum absolute atomic E-state index is 0.0152. The highest BCUT2D eigenvalue weighted by atomic mass is 35.5. The molecule has 1 aliphatic heterocycles. The van der Waals surface area contributed by atoms with Crippen LogP contribution in [0.2, 0.25) is 10.0 Å². The molecule has 3 rings (SSSR count). The number of hydrogen-bond acceptors (Lipinski definition) is 3. The SMILES string of the molecule is CN(C)C(=O)NCCC1CCC(CCN2CCN(c3cccc(Cl)c3Cl)CC2)CC1. The van der Waals surface area contributed by atoms with Crippen molar-refractivity contribution >= 4 is 34.9 Å². The number of nitrogens with one attached hydrogen (secondary N) is 1. The summed E-state index contributed by atoms with van der Waals surface area (Å²) in [7, 11) is 3.57. The third kappa shape index (κ3) is 6.66. The number of carbonyl (C=O) groups is 1. The number of carbonyl (C=O) groups excluding carboxylic acids is 1. The van der Waals surface area contributed by atoms with Gasteiger partial charge in [-0.25, -0.2) is 4.79 Å². The summed E-state index contributed by atoms with van der Waals surface area (Å²) in [5.74, 6) is 1.63. The smallest absolute Gasteiger partial charge is 0.316 e. The molecule has 1 heterocycles. The maximum Gasteiger partial charge on any atom is 0.316 e. The number of piperazine rings is 1. The molecule has 1 saturated heterocycles. The van der Waals surface area contributed by atoms with E-state index < -0.39 is 0 Å². The molecule has 0 radical (unpaired) electrons. The second kappa shape index (κ2) is 11.4. The molecule has 5 nitrogen and oxygen atoms in total. The standard InChI is InChI=1S/C23H36Cl2N4O/c1-27(2)23(30)26-12-10-18-6-8-19(9-7-18)11-13-28-14-16-29(17-15-28)21-5-3-4-20(24)22(21)25/h3-5,18-19H,6-17H2,1-2H3,(H,26,30). The van der Waals surface area contributed by atoms with E-state index in [0.29, 0.717) is 10.0 Å². The van der Waals surface area contributed by atoms with E-state index in [4.69, 9.17) is 23.2 Å². The summed E-state index contributed by atoms with van der Waals surface area (Å²) in [5, 5.41) is 4.30. The van der Waals surface area contributed by atoms with Crippen LogP contribution in [0.4, 0.5) is 10.5 Å². The Labute approximate surface area is 191 Å². The number of benzene rings is 1. The lowest BCUT2D eigenvalue weighted by atomic mass is 9.79. The number of amides is 2. The largest absolute Gasteiger partial charge is 0.368 e. The molecule has 2 amide bonds. The van der Waals surface area contributed by atoms with Gasteiger partial charge in [0.1, 0.15) is 0 Å². The first-order chi connectivity index (χ1) is 14.4. The molecule has 7 heteroatoms. The Balaban J connectivity index is 1.30. The minimum atomic E-state index is 0.0152. The number of rotatable bonds is 7. The molecule has 1 aromatic carbocycles. The van der Waals surface area contributed by atoms with Crippen LogP contribution < -0.4 is 10.2 Å². The first-order valence-corrected chi connectivity index (χ1v) is 12.1.